The van der Waals surface area contributed by atoms with Crippen molar-refractivity contribution in [1.82, 2.24) is 5.16 Å². The molecule has 2 aromatic carbocycles. The Labute approximate surface area is 150 Å². The summed E-state index contributed by atoms with van der Waals surface area (Å²) in [7, 11) is 0. The summed E-state index contributed by atoms with van der Waals surface area (Å²) in [5, 5.41) is 12.3. The van der Waals surface area contributed by atoms with Crippen LogP contribution in [0.15, 0.2) is 69.0 Å². The number of halogens is 3. The molecule has 0 amide bonds. The molecule has 2 heterocycles. The number of hydrogen-bond donors (Lipinski definition) is 0. The number of alkyl halides is 3. The van der Waals surface area contributed by atoms with Crippen LogP contribution in [0.5, 0.6) is 11.6 Å². The molecule has 0 atom stereocenters. The minimum absolute atomic E-state index is 0.221. The van der Waals surface area contributed by atoms with Gasteiger partial charge in [0.05, 0.1) is 17.6 Å². The van der Waals surface area contributed by atoms with Crippen molar-refractivity contribution in [3.63, 3.8) is 0 Å². The number of aromatic nitrogens is 1. The molecule has 0 saturated heterocycles. The highest BCUT2D eigenvalue weighted by Crippen LogP contribution is 2.32. The minimum atomic E-state index is -4.72. The van der Waals surface area contributed by atoms with Crippen molar-refractivity contribution in [2.45, 2.75) is 6.36 Å². The minimum Gasteiger partial charge on any atom is -0.468 e. The van der Waals surface area contributed by atoms with E-state index in [4.69, 9.17) is 9.26 Å². The predicted octanol–water partition coefficient (Wildman–Crippen LogP) is 5.12. The Hall–Kier alpha value is -3.36. The van der Waals surface area contributed by atoms with Gasteiger partial charge in [0.1, 0.15) is 12.4 Å². The molecule has 1 aliphatic rings. The third-order valence-corrected chi connectivity index (χ3v) is 3.82. The highest BCUT2D eigenvalue weighted by molar-refractivity contribution is 5.87. The fourth-order valence-electron chi connectivity index (χ4n) is 2.60. The lowest BCUT2D eigenvalue weighted by atomic mass is 10.0. The molecule has 0 bridgehead atoms. The van der Waals surface area contributed by atoms with Gasteiger partial charge in [-0.3, -0.25) is 0 Å². The highest BCUT2D eigenvalue weighted by atomic mass is 19.4. The van der Waals surface area contributed by atoms with Crippen molar-refractivity contribution in [2.75, 3.05) is 13.2 Å². The monoisotopic (exact) mass is 375 g/mol. The number of hydrogen-bond acceptors (Lipinski definition) is 6. The second-order valence-corrected chi connectivity index (χ2v) is 5.68. The van der Waals surface area contributed by atoms with Gasteiger partial charge < -0.3 is 14.0 Å². The normalized spacial score (nSPS) is 13.8. The summed E-state index contributed by atoms with van der Waals surface area (Å²) in [4.78, 5) is 0. The zero-order valence-electron chi connectivity index (χ0n) is 13.7. The lowest BCUT2D eigenvalue weighted by Crippen LogP contribution is -2.16. The standard InChI is InChI=1S/C18H12F3N3O3/c19-18(20,21)26-14-4-1-11(2-5-14)12-3-6-16-15(9-12)17(24-27-16)25-10-13-7-8-22-23-13/h1-7,9H,8,10H2. The van der Waals surface area contributed by atoms with Crippen LogP contribution in [0.25, 0.3) is 22.1 Å². The predicted molar refractivity (Wildman–Crippen MR) is 89.4 cm³/mol. The van der Waals surface area contributed by atoms with Crippen LogP contribution in [-0.2, 0) is 0 Å². The quantitative estimate of drug-likeness (QED) is 0.620. The zero-order chi connectivity index (χ0) is 18.9. The first kappa shape index (κ1) is 17.1. The Balaban J connectivity index is 1.57. The highest BCUT2D eigenvalue weighted by Gasteiger charge is 2.30. The summed E-state index contributed by atoms with van der Waals surface area (Å²) in [6.07, 6.45) is -2.87. The summed E-state index contributed by atoms with van der Waals surface area (Å²) >= 11 is 0. The van der Waals surface area contributed by atoms with Crippen molar-refractivity contribution in [2.24, 2.45) is 10.2 Å². The van der Waals surface area contributed by atoms with E-state index in [1.807, 2.05) is 6.08 Å². The van der Waals surface area contributed by atoms with Gasteiger partial charge in [-0.25, -0.2) is 0 Å². The molecule has 0 unspecified atom stereocenters. The van der Waals surface area contributed by atoms with E-state index in [9.17, 15) is 13.2 Å². The first-order valence-corrected chi connectivity index (χ1v) is 7.93. The van der Waals surface area contributed by atoms with Gasteiger partial charge in [-0.05, 0) is 46.6 Å². The number of ether oxygens (including phenoxy) is 2. The van der Waals surface area contributed by atoms with Crippen molar-refractivity contribution in [3.05, 3.63) is 54.2 Å². The third kappa shape index (κ3) is 3.91. The number of nitrogens with zero attached hydrogens (tertiary/aromatic N) is 3. The molecule has 1 aromatic heterocycles. The second kappa shape index (κ2) is 6.75. The second-order valence-electron chi connectivity index (χ2n) is 5.68. The Kier molecular flexibility index (Phi) is 4.27. The van der Waals surface area contributed by atoms with Crippen LogP contribution in [0.1, 0.15) is 0 Å². The van der Waals surface area contributed by atoms with Crippen LogP contribution >= 0.6 is 0 Å². The number of azo groups is 1. The van der Waals surface area contributed by atoms with E-state index < -0.39 is 6.36 Å². The van der Waals surface area contributed by atoms with Crippen LogP contribution in [0.2, 0.25) is 0 Å². The molecule has 0 saturated carbocycles. The molecule has 0 N–H and O–H groups in total. The van der Waals surface area contributed by atoms with Crippen LogP contribution < -0.4 is 9.47 Å². The number of benzene rings is 2. The molecular weight excluding hydrogens is 363 g/mol. The molecule has 1 aliphatic heterocycles. The summed E-state index contributed by atoms with van der Waals surface area (Å²) in [6.45, 7) is 0.759. The van der Waals surface area contributed by atoms with Gasteiger partial charge in [-0.1, -0.05) is 18.2 Å². The van der Waals surface area contributed by atoms with Crippen molar-refractivity contribution in [3.8, 4) is 22.8 Å². The molecule has 0 fully saturated rings. The van der Waals surface area contributed by atoms with E-state index in [-0.39, 0.29) is 12.4 Å². The average Bonchev–Trinajstić information content (AvgIpc) is 3.28. The maximum Gasteiger partial charge on any atom is 0.573 e. The number of rotatable bonds is 5. The topological polar surface area (TPSA) is 69.2 Å². The molecule has 0 radical (unpaired) electrons. The van der Waals surface area contributed by atoms with Crippen LogP contribution in [-0.4, -0.2) is 24.7 Å². The molecule has 4 rings (SSSR count). The zero-order valence-corrected chi connectivity index (χ0v) is 13.7. The number of fused-ring (bicyclic) bond motifs is 1. The Morgan fingerprint density at radius 2 is 1.81 bits per heavy atom. The van der Waals surface area contributed by atoms with Gasteiger partial charge in [-0.2, -0.15) is 10.2 Å². The molecule has 27 heavy (non-hydrogen) atoms. The third-order valence-electron chi connectivity index (χ3n) is 3.82. The first-order chi connectivity index (χ1) is 13.0. The van der Waals surface area contributed by atoms with Crippen LogP contribution in [0.4, 0.5) is 13.2 Å². The Bertz CT molecular complexity index is 1020. The summed E-state index contributed by atoms with van der Waals surface area (Å²) in [5.74, 6) is 0.0344. The van der Waals surface area contributed by atoms with Gasteiger partial charge in [0.2, 0.25) is 0 Å². The molecule has 138 valence electrons. The smallest absolute Gasteiger partial charge is 0.468 e. The van der Waals surface area contributed by atoms with E-state index in [1.165, 1.54) is 12.1 Å². The van der Waals surface area contributed by atoms with Crippen molar-refractivity contribution >= 4 is 11.0 Å². The maximum absolute atomic E-state index is 12.3. The maximum atomic E-state index is 12.3. The van der Waals surface area contributed by atoms with E-state index in [0.717, 1.165) is 5.56 Å². The van der Waals surface area contributed by atoms with Gasteiger partial charge in [0.15, 0.2) is 5.58 Å². The van der Waals surface area contributed by atoms with Gasteiger partial charge in [0.25, 0.3) is 5.88 Å². The molecule has 3 aromatic rings. The lowest BCUT2D eigenvalue weighted by molar-refractivity contribution is -0.274. The van der Waals surface area contributed by atoms with Crippen LogP contribution in [0.3, 0.4) is 0 Å². The van der Waals surface area contributed by atoms with Crippen molar-refractivity contribution in [1.29, 1.82) is 0 Å². The lowest BCUT2D eigenvalue weighted by Gasteiger charge is -2.09. The summed E-state index contributed by atoms with van der Waals surface area (Å²) in [6, 6.07) is 10.9. The first-order valence-electron chi connectivity index (χ1n) is 7.93. The van der Waals surface area contributed by atoms with Crippen molar-refractivity contribution < 1.29 is 27.2 Å². The summed E-state index contributed by atoms with van der Waals surface area (Å²) in [5.41, 5.74) is 2.73. The van der Waals surface area contributed by atoms with Gasteiger partial charge >= 0.3 is 6.36 Å². The molecule has 9 heteroatoms. The SMILES string of the molecule is FC(F)(F)Oc1ccc(-c2ccc3onc(OCC4=CCN=N4)c3c2)cc1. The fraction of sp³-hybridized carbons (Fsp3) is 0.167. The largest absolute Gasteiger partial charge is 0.573 e. The molecule has 6 nitrogen and oxygen atoms in total. The Morgan fingerprint density at radius 3 is 2.52 bits per heavy atom. The van der Waals surface area contributed by atoms with E-state index in [1.54, 1.807) is 30.3 Å². The Morgan fingerprint density at radius 1 is 1.04 bits per heavy atom. The molecule has 0 aliphatic carbocycles. The summed E-state index contributed by atoms with van der Waals surface area (Å²) < 4.78 is 51.5. The van der Waals surface area contributed by atoms with E-state index in [0.29, 0.717) is 34.7 Å². The van der Waals surface area contributed by atoms with E-state index >= 15 is 0 Å². The van der Waals surface area contributed by atoms with Gasteiger partial charge in [-0.15, -0.1) is 13.2 Å². The van der Waals surface area contributed by atoms with E-state index in [2.05, 4.69) is 20.1 Å². The average molecular weight is 375 g/mol. The van der Waals surface area contributed by atoms with Crippen LogP contribution in [0, 0.1) is 0 Å². The van der Waals surface area contributed by atoms with Gasteiger partial charge in [0, 0.05) is 0 Å². The molecule has 0 spiro atoms. The molecular formula is C18H12F3N3O3. The fourth-order valence-corrected chi connectivity index (χ4v) is 2.60.